The minimum absolute atomic E-state index is 0.302. The number of piperazine rings is 1. The zero-order chi connectivity index (χ0) is 13.1. The summed E-state index contributed by atoms with van der Waals surface area (Å²) in [5.74, 6) is 0.849. The predicted molar refractivity (Wildman–Crippen MR) is 75.7 cm³/mol. The van der Waals surface area contributed by atoms with Gasteiger partial charge in [-0.25, -0.2) is 0 Å². The van der Waals surface area contributed by atoms with E-state index in [1.54, 1.807) is 7.11 Å². The second kappa shape index (κ2) is 5.78. The standard InChI is InChI=1S/C13H20ClN3O/c1-16-5-6-17(11(8-15)9-16)12-7-10(14)3-4-13(12)18-2/h3-4,7,11H,5-6,8-9,15H2,1-2H3. The highest BCUT2D eigenvalue weighted by Gasteiger charge is 2.26. The fraction of sp³-hybridized carbons (Fsp3) is 0.538. The van der Waals surface area contributed by atoms with E-state index < -0.39 is 0 Å². The number of halogens is 1. The van der Waals surface area contributed by atoms with Gasteiger partial charge in [-0.15, -0.1) is 0 Å². The number of nitrogens with two attached hydrogens (primary N) is 1. The summed E-state index contributed by atoms with van der Waals surface area (Å²) in [6.07, 6.45) is 0. The Hall–Kier alpha value is -0.970. The molecule has 1 heterocycles. The first-order valence-electron chi connectivity index (χ1n) is 6.14. The first-order chi connectivity index (χ1) is 8.65. The van der Waals surface area contributed by atoms with Crippen molar-refractivity contribution in [3.63, 3.8) is 0 Å². The predicted octanol–water partition coefficient (Wildman–Crippen LogP) is 1.43. The SMILES string of the molecule is COc1ccc(Cl)cc1N1CCN(C)CC1CN. The molecule has 5 heteroatoms. The monoisotopic (exact) mass is 269 g/mol. The zero-order valence-electron chi connectivity index (χ0n) is 10.9. The number of benzene rings is 1. The average molecular weight is 270 g/mol. The average Bonchev–Trinajstić information content (AvgIpc) is 2.38. The lowest BCUT2D eigenvalue weighted by atomic mass is 10.1. The van der Waals surface area contributed by atoms with Crippen LogP contribution < -0.4 is 15.4 Å². The maximum atomic E-state index is 6.09. The van der Waals surface area contributed by atoms with Gasteiger partial charge >= 0.3 is 0 Å². The van der Waals surface area contributed by atoms with Crippen LogP contribution in [0.25, 0.3) is 0 Å². The number of methoxy groups -OCH3 is 1. The third-order valence-electron chi connectivity index (χ3n) is 3.41. The summed E-state index contributed by atoms with van der Waals surface area (Å²) >= 11 is 6.09. The summed E-state index contributed by atoms with van der Waals surface area (Å²) in [6.45, 7) is 3.55. The van der Waals surface area contributed by atoms with Crippen molar-refractivity contribution in [3.05, 3.63) is 23.2 Å². The fourth-order valence-electron chi connectivity index (χ4n) is 2.42. The van der Waals surface area contributed by atoms with Crippen molar-refractivity contribution in [1.82, 2.24) is 4.90 Å². The van der Waals surface area contributed by atoms with Gasteiger partial charge in [0.15, 0.2) is 0 Å². The smallest absolute Gasteiger partial charge is 0.142 e. The molecule has 1 aromatic carbocycles. The molecule has 0 bridgehead atoms. The summed E-state index contributed by atoms with van der Waals surface area (Å²) in [5, 5.41) is 0.723. The van der Waals surface area contributed by atoms with Gasteiger partial charge in [0, 0.05) is 31.2 Å². The molecule has 18 heavy (non-hydrogen) atoms. The van der Waals surface area contributed by atoms with Gasteiger partial charge in [0.25, 0.3) is 0 Å². The van der Waals surface area contributed by atoms with E-state index in [4.69, 9.17) is 22.1 Å². The lowest BCUT2D eigenvalue weighted by Crippen LogP contribution is -2.55. The molecular formula is C13H20ClN3O. The molecule has 4 nitrogen and oxygen atoms in total. The van der Waals surface area contributed by atoms with Gasteiger partial charge in [-0.3, -0.25) is 0 Å². The van der Waals surface area contributed by atoms with Crippen molar-refractivity contribution < 1.29 is 4.74 Å². The van der Waals surface area contributed by atoms with Gasteiger partial charge in [-0.05, 0) is 25.2 Å². The molecule has 1 unspecified atom stereocenters. The molecule has 1 atom stereocenters. The minimum atomic E-state index is 0.302. The number of nitrogens with zero attached hydrogens (tertiary/aromatic N) is 2. The van der Waals surface area contributed by atoms with Gasteiger partial charge in [0.05, 0.1) is 18.8 Å². The van der Waals surface area contributed by atoms with Crippen LogP contribution in [0.2, 0.25) is 5.02 Å². The van der Waals surface area contributed by atoms with Crippen LogP contribution >= 0.6 is 11.6 Å². The Balaban J connectivity index is 2.31. The summed E-state index contributed by atoms with van der Waals surface area (Å²) in [6, 6.07) is 6.01. The van der Waals surface area contributed by atoms with E-state index in [-0.39, 0.29) is 0 Å². The number of hydrogen-bond acceptors (Lipinski definition) is 4. The lowest BCUT2D eigenvalue weighted by Gasteiger charge is -2.41. The second-order valence-electron chi connectivity index (χ2n) is 4.66. The highest BCUT2D eigenvalue weighted by molar-refractivity contribution is 6.30. The summed E-state index contributed by atoms with van der Waals surface area (Å²) < 4.78 is 5.42. The summed E-state index contributed by atoms with van der Waals surface area (Å²) in [5.41, 5.74) is 6.92. The van der Waals surface area contributed by atoms with Crippen LogP contribution in [-0.4, -0.2) is 51.3 Å². The largest absolute Gasteiger partial charge is 0.495 e. The second-order valence-corrected chi connectivity index (χ2v) is 5.10. The van der Waals surface area contributed by atoms with Crippen LogP contribution in [0.15, 0.2) is 18.2 Å². The molecule has 0 aliphatic carbocycles. The minimum Gasteiger partial charge on any atom is -0.495 e. The van der Waals surface area contributed by atoms with E-state index in [0.717, 1.165) is 36.1 Å². The Kier molecular flexibility index (Phi) is 4.32. The zero-order valence-corrected chi connectivity index (χ0v) is 11.7. The van der Waals surface area contributed by atoms with Crippen molar-refractivity contribution in [2.24, 2.45) is 5.73 Å². The Labute approximate surface area is 113 Å². The van der Waals surface area contributed by atoms with Gasteiger partial charge in [-0.2, -0.15) is 0 Å². The Morgan fingerprint density at radius 1 is 1.44 bits per heavy atom. The van der Waals surface area contributed by atoms with Crippen molar-refractivity contribution in [2.75, 3.05) is 45.2 Å². The fourth-order valence-corrected chi connectivity index (χ4v) is 2.58. The molecule has 100 valence electrons. The first-order valence-corrected chi connectivity index (χ1v) is 6.52. The number of ether oxygens (including phenoxy) is 1. The van der Waals surface area contributed by atoms with E-state index in [9.17, 15) is 0 Å². The third kappa shape index (κ3) is 2.71. The molecule has 0 saturated carbocycles. The molecule has 0 spiro atoms. The highest BCUT2D eigenvalue weighted by atomic mass is 35.5. The molecule has 2 rings (SSSR count). The number of likely N-dealkylation sites (N-methyl/N-ethyl adjacent to an activating group) is 1. The van der Waals surface area contributed by atoms with Crippen LogP contribution in [0.5, 0.6) is 5.75 Å². The van der Waals surface area contributed by atoms with Gasteiger partial charge in [-0.1, -0.05) is 11.6 Å². The maximum Gasteiger partial charge on any atom is 0.142 e. The summed E-state index contributed by atoms with van der Waals surface area (Å²) in [4.78, 5) is 4.59. The van der Waals surface area contributed by atoms with E-state index in [0.29, 0.717) is 12.6 Å². The van der Waals surface area contributed by atoms with Crippen LogP contribution in [0.4, 0.5) is 5.69 Å². The molecule has 0 amide bonds. The molecule has 0 radical (unpaired) electrons. The number of rotatable bonds is 3. The molecule has 2 N–H and O–H groups in total. The van der Waals surface area contributed by atoms with E-state index in [1.165, 1.54) is 0 Å². The lowest BCUT2D eigenvalue weighted by molar-refractivity contribution is 0.268. The third-order valence-corrected chi connectivity index (χ3v) is 3.64. The Morgan fingerprint density at radius 2 is 2.22 bits per heavy atom. The van der Waals surface area contributed by atoms with E-state index in [2.05, 4.69) is 16.8 Å². The molecule has 1 aliphatic rings. The van der Waals surface area contributed by atoms with Crippen molar-refractivity contribution in [3.8, 4) is 5.75 Å². The number of hydrogen-bond donors (Lipinski definition) is 1. The summed E-state index contributed by atoms with van der Waals surface area (Å²) in [7, 11) is 3.80. The van der Waals surface area contributed by atoms with Gasteiger partial charge < -0.3 is 20.3 Å². The Morgan fingerprint density at radius 3 is 2.89 bits per heavy atom. The van der Waals surface area contributed by atoms with E-state index in [1.807, 2.05) is 18.2 Å². The molecule has 0 aromatic heterocycles. The van der Waals surface area contributed by atoms with E-state index >= 15 is 0 Å². The molecule has 1 aromatic rings. The van der Waals surface area contributed by atoms with Crippen LogP contribution in [0.3, 0.4) is 0 Å². The van der Waals surface area contributed by atoms with Crippen LogP contribution in [0.1, 0.15) is 0 Å². The highest BCUT2D eigenvalue weighted by Crippen LogP contribution is 2.33. The van der Waals surface area contributed by atoms with Crippen molar-refractivity contribution in [2.45, 2.75) is 6.04 Å². The molecule has 1 saturated heterocycles. The molecule has 1 aliphatic heterocycles. The number of anilines is 1. The van der Waals surface area contributed by atoms with Crippen LogP contribution in [0, 0.1) is 0 Å². The van der Waals surface area contributed by atoms with Crippen molar-refractivity contribution in [1.29, 1.82) is 0 Å². The quantitative estimate of drug-likeness (QED) is 0.901. The topological polar surface area (TPSA) is 41.7 Å². The molecular weight excluding hydrogens is 250 g/mol. The normalized spacial score (nSPS) is 21.1. The van der Waals surface area contributed by atoms with Gasteiger partial charge in [0.2, 0.25) is 0 Å². The first kappa shape index (κ1) is 13.5. The Bertz CT molecular complexity index is 413. The van der Waals surface area contributed by atoms with Crippen molar-refractivity contribution >= 4 is 17.3 Å². The van der Waals surface area contributed by atoms with Gasteiger partial charge in [0.1, 0.15) is 5.75 Å². The maximum absolute atomic E-state index is 6.09. The molecule has 1 fully saturated rings. The van der Waals surface area contributed by atoms with Crippen LogP contribution in [-0.2, 0) is 0 Å².